The highest BCUT2D eigenvalue weighted by molar-refractivity contribution is 14.1. The van der Waals surface area contributed by atoms with E-state index in [1.807, 2.05) is 43.3 Å². The van der Waals surface area contributed by atoms with Crippen LogP contribution in [0, 0.1) is 21.8 Å². The lowest BCUT2D eigenvalue weighted by molar-refractivity contribution is -0.112. The minimum Gasteiger partial charge on any atom is -0.493 e. The van der Waals surface area contributed by atoms with Crippen molar-refractivity contribution in [2.45, 2.75) is 13.5 Å². The number of nitriles is 1. The third kappa shape index (κ3) is 6.49. The van der Waals surface area contributed by atoms with Crippen LogP contribution >= 0.6 is 22.6 Å². The van der Waals surface area contributed by atoms with Crippen LogP contribution in [-0.2, 0) is 11.4 Å². The van der Waals surface area contributed by atoms with Gasteiger partial charge in [-0.1, -0.05) is 29.8 Å². The number of rotatable bonds is 8. The topological polar surface area (TPSA) is 80.6 Å². The summed E-state index contributed by atoms with van der Waals surface area (Å²) in [6, 6.07) is 20.6. The van der Waals surface area contributed by atoms with E-state index in [9.17, 15) is 10.1 Å². The van der Waals surface area contributed by atoms with Crippen LogP contribution in [0.3, 0.4) is 0 Å². The third-order valence-electron chi connectivity index (χ3n) is 4.77. The lowest BCUT2D eigenvalue weighted by Gasteiger charge is -2.11. The van der Waals surface area contributed by atoms with Crippen molar-refractivity contribution in [1.82, 2.24) is 0 Å². The highest BCUT2D eigenvalue weighted by Crippen LogP contribution is 2.34. The maximum Gasteiger partial charge on any atom is 0.266 e. The number of hydrogen-bond donors (Lipinski definition) is 1. The Labute approximate surface area is 206 Å². The largest absolute Gasteiger partial charge is 0.493 e. The average Bonchev–Trinajstić information content (AvgIpc) is 2.82. The lowest BCUT2D eigenvalue weighted by atomic mass is 10.1. The molecule has 0 unspecified atom stereocenters. The first-order chi connectivity index (χ1) is 15.9. The van der Waals surface area contributed by atoms with Gasteiger partial charge in [-0.25, -0.2) is 0 Å². The molecule has 0 radical (unpaired) electrons. The number of amides is 1. The van der Waals surface area contributed by atoms with Crippen LogP contribution in [0.4, 0.5) is 5.69 Å². The van der Waals surface area contributed by atoms with E-state index < -0.39 is 5.91 Å². The molecule has 168 valence electrons. The molecule has 6 nitrogen and oxygen atoms in total. The fraction of sp³-hybridized carbons (Fsp3) is 0.154. The Kier molecular flexibility index (Phi) is 8.33. The molecule has 1 amide bonds. The highest BCUT2D eigenvalue weighted by atomic mass is 127. The molecule has 0 aliphatic heterocycles. The number of ether oxygens (including phenoxy) is 3. The van der Waals surface area contributed by atoms with Crippen molar-refractivity contribution >= 4 is 40.3 Å². The molecule has 3 aromatic carbocycles. The van der Waals surface area contributed by atoms with Gasteiger partial charge in [0.25, 0.3) is 5.91 Å². The monoisotopic (exact) mass is 554 g/mol. The maximum absolute atomic E-state index is 12.6. The molecule has 0 aliphatic rings. The Balaban J connectivity index is 1.67. The number of hydrogen-bond acceptors (Lipinski definition) is 5. The highest BCUT2D eigenvalue weighted by Gasteiger charge is 2.13. The molecule has 0 aromatic heterocycles. The van der Waals surface area contributed by atoms with Gasteiger partial charge in [0.15, 0.2) is 11.5 Å². The van der Waals surface area contributed by atoms with Crippen molar-refractivity contribution in [1.29, 1.82) is 5.26 Å². The van der Waals surface area contributed by atoms with Gasteiger partial charge in [-0.3, -0.25) is 4.79 Å². The average molecular weight is 554 g/mol. The summed E-state index contributed by atoms with van der Waals surface area (Å²) in [5.41, 5.74) is 3.46. The summed E-state index contributed by atoms with van der Waals surface area (Å²) in [5, 5.41) is 12.3. The first-order valence-corrected chi connectivity index (χ1v) is 11.1. The number of anilines is 1. The molecule has 0 fully saturated rings. The van der Waals surface area contributed by atoms with Crippen LogP contribution < -0.4 is 19.5 Å². The number of nitrogens with one attached hydrogen (secondary N) is 1. The number of benzene rings is 3. The minimum absolute atomic E-state index is 0.0299. The van der Waals surface area contributed by atoms with E-state index in [-0.39, 0.29) is 5.57 Å². The normalized spacial score (nSPS) is 10.8. The van der Waals surface area contributed by atoms with Gasteiger partial charge < -0.3 is 19.5 Å². The van der Waals surface area contributed by atoms with E-state index >= 15 is 0 Å². The smallest absolute Gasteiger partial charge is 0.266 e. The molecule has 0 heterocycles. The zero-order chi connectivity index (χ0) is 23.8. The lowest BCUT2D eigenvalue weighted by Crippen LogP contribution is -2.13. The van der Waals surface area contributed by atoms with Gasteiger partial charge in [0.1, 0.15) is 24.0 Å². The first kappa shape index (κ1) is 24.1. The van der Waals surface area contributed by atoms with E-state index in [2.05, 4.69) is 27.9 Å². The van der Waals surface area contributed by atoms with E-state index in [1.54, 1.807) is 37.4 Å². The fourth-order valence-corrected chi connectivity index (χ4v) is 3.87. The summed E-state index contributed by atoms with van der Waals surface area (Å²) in [7, 11) is 3.09. The molecule has 1 N–H and O–H groups in total. The van der Waals surface area contributed by atoms with Crippen molar-refractivity contribution in [3.05, 3.63) is 86.5 Å². The van der Waals surface area contributed by atoms with Crippen LogP contribution in [0.5, 0.6) is 17.2 Å². The molecule has 0 saturated heterocycles. The van der Waals surface area contributed by atoms with Gasteiger partial charge in [-0.15, -0.1) is 0 Å². The Hall–Kier alpha value is -3.51. The zero-order valence-electron chi connectivity index (χ0n) is 18.5. The number of aryl methyl sites for hydroxylation is 1. The molecule has 0 saturated carbocycles. The molecule has 0 spiro atoms. The summed E-state index contributed by atoms with van der Waals surface area (Å²) in [4.78, 5) is 12.6. The van der Waals surface area contributed by atoms with Gasteiger partial charge in [0.05, 0.1) is 17.8 Å². The second-order valence-electron chi connectivity index (χ2n) is 7.16. The molecule has 7 heteroatoms. The standard InChI is InChI=1S/C26H23IN2O4/c1-17-4-6-18(7-5-17)16-33-22-10-8-21(9-11-22)29-26(30)20(15-28)12-19-13-23(27)25(32-3)24(14-19)31-2/h4-14H,16H2,1-3H3,(H,29,30)/b20-12+. The molecule has 0 bridgehead atoms. The molecule has 3 aromatic rings. The van der Waals surface area contributed by atoms with Gasteiger partial charge >= 0.3 is 0 Å². The number of nitrogens with zero attached hydrogens (tertiary/aromatic N) is 1. The zero-order valence-corrected chi connectivity index (χ0v) is 20.7. The van der Waals surface area contributed by atoms with Crippen molar-refractivity contribution in [2.75, 3.05) is 19.5 Å². The van der Waals surface area contributed by atoms with E-state index in [1.165, 1.54) is 18.7 Å². The molecule has 33 heavy (non-hydrogen) atoms. The summed E-state index contributed by atoms with van der Waals surface area (Å²) in [6.45, 7) is 2.50. The molecular weight excluding hydrogens is 531 g/mol. The Morgan fingerprint density at radius 1 is 1.06 bits per heavy atom. The maximum atomic E-state index is 12.6. The van der Waals surface area contributed by atoms with Gasteiger partial charge in [-0.05, 0) is 83.1 Å². The van der Waals surface area contributed by atoms with Gasteiger partial charge in [0, 0.05) is 5.69 Å². The predicted molar refractivity (Wildman–Crippen MR) is 136 cm³/mol. The molecule has 0 atom stereocenters. The summed E-state index contributed by atoms with van der Waals surface area (Å²) >= 11 is 2.11. The minimum atomic E-state index is -0.504. The van der Waals surface area contributed by atoms with E-state index in [4.69, 9.17) is 14.2 Å². The summed E-state index contributed by atoms with van der Waals surface area (Å²) in [5.74, 6) is 1.30. The Bertz CT molecular complexity index is 1200. The third-order valence-corrected chi connectivity index (χ3v) is 5.57. The van der Waals surface area contributed by atoms with Crippen LogP contribution in [0.1, 0.15) is 16.7 Å². The summed E-state index contributed by atoms with van der Waals surface area (Å²) in [6.07, 6.45) is 1.51. The second-order valence-corrected chi connectivity index (χ2v) is 8.32. The van der Waals surface area contributed by atoms with Crippen molar-refractivity contribution < 1.29 is 19.0 Å². The fourth-order valence-electron chi connectivity index (χ4n) is 3.02. The number of carbonyl (C=O) groups is 1. The van der Waals surface area contributed by atoms with Gasteiger partial charge in [-0.2, -0.15) is 5.26 Å². The SMILES string of the molecule is COc1cc(/C=C(\C#N)C(=O)Nc2ccc(OCc3ccc(C)cc3)cc2)cc(I)c1OC. The number of carbonyl (C=O) groups excluding carboxylic acids is 1. The molecule has 0 aliphatic carbocycles. The van der Waals surface area contributed by atoms with Crippen LogP contribution in [0.25, 0.3) is 6.08 Å². The van der Waals surface area contributed by atoms with Crippen molar-refractivity contribution in [3.8, 4) is 23.3 Å². The van der Waals surface area contributed by atoms with Gasteiger partial charge in [0.2, 0.25) is 0 Å². The predicted octanol–water partition coefficient (Wildman–Crippen LogP) is 5.74. The number of methoxy groups -OCH3 is 2. The second kappa shape index (κ2) is 11.4. The molecule has 3 rings (SSSR count). The Morgan fingerprint density at radius 2 is 1.76 bits per heavy atom. The molecular formula is C26H23IN2O4. The van der Waals surface area contributed by atoms with Crippen LogP contribution in [0.15, 0.2) is 66.2 Å². The van der Waals surface area contributed by atoms with Crippen LogP contribution in [0.2, 0.25) is 0 Å². The van der Waals surface area contributed by atoms with Crippen molar-refractivity contribution in [3.63, 3.8) is 0 Å². The Morgan fingerprint density at radius 3 is 2.36 bits per heavy atom. The summed E-state index contributed by atoms with van der Waals surface area (Å²) < 4.78 is 17.3. The quantitative estimate of drug-likeness (QED) is 0.218. The van der Waals surface area contributed by atoms with E-state index in [0.717, 1.165) is 9.13 Å². The van der Waals surface area contributed by atoms with E-state index in [0.29, 0.717) is 35.1 Å². The van der Waals surface area contributed by atoms with Crippen LogP contribution in [-0.4, -0.2) is 20.1 Å². The number of halogens is 1. The first-order valence-electron chi connectivity index (χ1n) is 10.1. The van der Waals surface area contributed by atoms with Crippen molar-refractivity contribution in [2.24, 2.45) is 0 Å².